The lowest BCUT2D eigenvalue weighted by Gasteiger charge is -2.16. The summed E-state index contributed by atoms with van der Waals surface area (Å²) in [5.41, 5.74) is 9.90. The summed E-state index contributed by atoms with van der Waals surface area (Å²) in [6.07, 6.45) is 0.891. The van der Waals surface area contributed by atoms with Crippen molar-refractivity contribution in [2.75, 3.05) is 13.1 Å². The average molecular weight is 335 g/mol. The fourth-order valence-corrected chi connectivity index (χ4v) is 2.92. The third-order valence-corrected chi connectivity index (χ3v) is 4.15. The Balaban J connectivity index is 0.00000192. The van der Waals surface area contributed by atoms with Crippen molar-refractivity contribution in [1.82, 2.24) is 14.7 Å². The molecule has 2 N–H and O–H groups in total. The second-order valence-corrected chi connectivity index (χ2v) is 6.08. The van der Waals surface area contributed by atoms with Crippen molar-refractivity contribution >= 4 is 18.3 Å². The van der Waals surface area contributed by atoms with E-state index in [1.54, 1.807) is 0 Å². The van der Waals surface area contributed by atoms with E-state index in [-0.39, 0.29) is 24.4 Å². The Morgan fingerprint density at radius 3 is 2.52 bits per heavy atom. The van der Waals surface area contributed by atoms with Crippen LogP contribution in [0.15, 0.2) is 30.3 Å². The number of hydrogen-bond donors (Lipinski definition) is 1. The van der Waals surface area contributed by atoms with Crippen LogP contribution in [0.25, 0.3) is 0 Å². The van der Waals surface area contributed by atoms with E-state index in [1.165, 1.54) is 0 Å². The minimum atomic E-state index is 0. The zero-order valence-corrected chi connectivity index (χ0v) is 14.3. The molecule has 6 heteroatoms. The van der Waals surface area contributed by atoms with Gasteiger partial charge in [-0.1, -0.05) is 12.1 Å². The quantitative estimate of drug-likeness (QED) is 0.935. The van der Waals surface area contributed by atoms with Gasteiger partial charge >= 0.3 is 0 Å². The molecule has 0 radical (unpaired) electrons. The highest BCUT2D eigenvalue weighted by Gasteiger charge is 2.24. The number of amides is 1. The SMILES string of the molecule is Cc1cc(C)n(Cc2ccc(C(=O)N3CC[C@@H](N)C3)cc2)n1.Cl. The monoisotopic (exact) mass is 334 g/mol. The number of rotatable bonds is 3. The summed E-state index contributed by atoms with van der Waals surface area (Å²) >= 11 is 0. The van der Waals surface area contributed by atoms with E-state index in [0.717, 1.165) is 42.0 Å². The molecule has 1 aliphatic rings. The standard InChI is InChI=1S/C17H22N4O.ClH/c1-12-9-13(2)21(19-12)10-14-3-5-15(6-4-14)17(22)20-8-7-16(18)11-20;/h3-6,9,16H,7-8,10-11,18H2,1-2H3;1H/t16-;/m1./s1. The lowest BCUT2D eigenvalue weighted by Crippen LogP contribution is -2.31. The Kier molecular flexibility index (Phi) is 5.44. The number of halogens is 1. The number of aromatic nitrogens is 2. The van der Waals surface area contributed by atoms with Crippen LogP contribution in [0.1, 0.15) is 33.7 Å². The molecule has 23 heavy (non-hydrogen) atoms. The molecular weight excluding hydrogens is 312 g/mol. The summed E-state index contributed by atoms with van der Waals surface area (Å²) in [4.78, 5) is 14.2. The van der Waals surface area contributed by atoms with Crippen molar-refractivity contribution in [3.63, 3.8) is 0 Å². The minimum Gasteiger partial charge on any atom is -0.337 e. The summed E-state index contributed by atoms with van der Waals surface area (Å²) in [7, 11) is 0. The minimum absolute atomic E-state index is 0. The van der Waals surface area contributed by atoms with Crippen LogP contribution in [0.2, 0.25) is 0 Å². The molecule has 0 saturated carbocycles. The summed E-state index contributed by atoms with van der Waals surface area (Å²) in [5.74, 6) is 0.0746. The predicted molar refractivity (Wildman–Crippen MR) is 93.0 cm³/mol. The fraction of sp³-hybridized carbons (Fsp3) is 0.412. The zero-order chi connectivity index (χ0) is 15.7. The van der Waals surface area contributed by atoms with Gasteiger partial charge in [0.05, 0.1) is 12.2 Å². The van der Waals surface area contributed by atoms with E-state index >= 15 is 0 Å². The third kappa shape index (κ3) is 3.92. The number of nitrogens with zero attached hydrogens (tertiary/aromatic N) is 3. The molecule has 1 amide bonds. The second-order valence-electron chi connectivity index (χ2n) is 6.08. The van der Waals surface area contributed by atoms with Crippen molar-refractivity contribution in [2.24, 2.45) is 5.73 Å². The first-order valence-electron chi connectivity index (χ1n) is 7.68. The maximum absolute atomic E-state index is 12.4. The van der Waals surface area contributed by atoms with Crippen molar-refractivity contribution in [3.05, 3.63) is 52.8 Å². The normalized spacial score (nSPS) is 17.2. The molecule has 1 aromatic carbocycles. The third-order valence-electron chi connectivity index (χ3n) is 4.15. The zero-order valence-electron chi connectivity index (χ0n) is 13.5. The van der Waals surface area contributed by atoms with Gasteiger partial charge in [-0.15, -0.1) is 12.4 Å². The number of carbonyl (C=O) groups is 1. The van der Waals surface area contributed by atoms with Crippen LogP contribution >= 0.6 is 12.4 Å². The largest absolute Gasteiger partial charge is 0.337 e. The molecular formula is C17H23ClN4O. The summed E-state index contributed by atoms with van der Waals surface area (Å²) in [6.45, 7) is 6.18. The molecule has 0 unspecified atom stereocenters. The van der Waals surface area contributed by atoms with Crippen molar-refractivity contribution in [2.45, 2.75) is 32.9 Å². The van der Waals surface area contributed by atoms with E-state index in [1.807, 2.05) is 40.8 Å². The number of likely N-dealkylation sites (tertiary alicyclic amines) is 1. The van der Waals surface area contributed by atoms with Crippen LogP contribution in [0.5, 0.6) is 0 Å². The van der Waals surface area contributed by atoms with E-state index in [0.29, 0.717) is 6.54 Å². The smallest absolute Gasteiger partial charge is 0.253 e. The lowest BCUT2D eigenvalue weighted by molar-refractivity contribution is 0.0791. The van der Waals surface area contributed by atoms with Crippen molar-refractivity contribution < 1.29 is 4.79 Å². The first-order chi connectivity index (χ1) is 10.5. The molecule has 0 spiro atoms. The van der Waals surface area contributed by atoms with Gasteiger partial charge in [-0.3, -0.25) is 9.48 Å². The van der Waals surface area contributed by atoms with Gasteiger partial charge in [0.1, 0.15) is 0 Å². The summed E-state index contributed by atoms with van der Waals surface area (Å²) in [5, 5.41) is 4.46. The number of nitrogens with two attached hydrogens (primary N) is 1. The van der Waals surface area contributed by atoms with Gasteiger partial charge in [0.15, 0.2) is 0 Å². The highest BCUT2D eigenvalue weighted by atomic mass is 35.5. The maximum atomic E-state index is 12.4. The second kappa shape index (κ2) is 7.15. The first-order valence-corrected chi connectivity index (χ1v) is 7.68. The number of aryl methyl sites for hydroxylation is 2. The molecule has 1 aromatic heterocycles. The van der Waals surface area contributed by atoms with Gasteiger partial charge in [0.2, 0.25) is 0 Å². The Labute approximate surface area is 142 Å². The van der Waals surface area contributed by atoms with Gasteiger partial charge in [0, 0.05) is 30.4 Å². The van der Waals surface area contributed by atoms with Crippen LogP contribution in [0, 0.1) is 13.8 Å². The Morgan fingerprint density at radius 2 is 2.00 bits per heavy atom. The molecule has 1 fully saturated rings. The summed E-state index contributed by atoms with van der Waals surface area (Å²) < 4.78 is 1.98. The van der Waals surface area contributed by atoms with Gasteiger partial charge in [-0.2, -0.15) is 5.10 Å². The molecule has 0 bridgehead atoms. The molecule has 1 aliphatic heterocycles. The Bertz CT molecular complexity index is 680. The molecule has 2 aromatic rings. The topological polar surface area (TPSA) is 64.2 Å². The van der Waals surface area contributed by atoms with E-state index in [4.69, 9.17) is 5.73 Å². The van der Waals surface area contributed by atoms with Crippen molar-refractivity contribution in [3.8, 4) is 0 Å². The Hall–Kier alpha value is -1.85. The number of carbonyl (C=O) groups excluding carboxylic acids is 1. The van der Waals surface area contributed by atoms with Crippen LogP contribution in [0.4, 0.5) is 0 Å². The van der Waals surface area contributed by atoms with Gasteiger partial charge in [-0.05, 0) is 44.0 Å². The maximum Gasteiger partial charge on any atom is 0.253 e. The molecule has 1 saturated heterocycles. The van der Waals surface area contributed by atoms with E-state index in [2.05, 4.69) is 18.1 Å². The average Bonchev–Trinajstić information content (AvgIpc) is 3.05. The highest BCUT2D eigenvalue weighted by Crippen LogP contribution is 2.14. The predicted octanol–water partition coefficient (Wildman–Crippen LogP) is 2.14. The molecule has 1 atom stereocenters. The summed E-state index contributed by atoms with van der Waals surface area (Å²) in [6, 6.07) is 9.98. The van der Waals surface area contributed by atoms with Crippen LogP contribution < -0.4 is 5.73 Å². The molecule has 5 nitrogen and oxygen atoms in total. The Morgan fingerprint density at radius 1 is 1.30 bits per heavy atom. The highest BCUT2D eigenvalue weighted by molar-refractivity contribution is 5.94. The molecule has 124 valence electrons. The lowest BCUT2D eigenvalue weighted by atomic mass is 10.1. The molecule has 0 aliphatic carbocycles. The first kappa shape index (κ1) is 17.5. The van der Waals surface area contributed by atoms with Gasteiger partial charge < -0.3 is 10.6 Å². The van der Waals surface area contributed by atoms with Crippen LogP contribution in [0.3, 0.4) is 0 Å². The van der Waals surface area contributed by atoms with Crippen molar-refractivity contribution in [1.29, 1.82) is 0 Å². The molecule has 2 heterocycles. The number of benzene rings is 1. The van der Waals surface area contributed by atoms with Crippen LogP contribution in [-0.4, -0.2) is 39.7 Å². The van der Waals surface area contributed by atoms with E-state index in [9.17, 15) is 4.79 Å². The van der Waals surface area contributed by atoms with E-state index < -0.39 is 0 Å². The fourth-order valence-electron chi connectivity index (χ4n) is 2.92. The number of hydrogen-bond acceptors (Lipinski definition) is 3. The van der Waals surface area contributed by atoms with Gasteiger partial charge in [0.25, 0.3) is 5.91 Å². The molecule has 3 rings (SSSR count). The van der Waals surface area contributed by atoms with Crippen LogP contribution in [-0.2, 0) is 6.54 Å². The van der Waals surface area contributed by atoms with Gasteiger partial charge in [-0.25, -0.2) is 0 Å².